The van der Waals surface area contributed by atoms with Crippen molar-refractivity contribution in [1.29, 1.82) is 5.26 Å². The highest BCUT2D eigenvalue weighted by Gasteiger charge is 2.29. The lowest BCUT2D eigenvalue weighted by Crippen LogP contribution is -2.16. The lowest BCUT2D eigenvalue weighted by atomic mass is 9.94. The summed E-state index contributed by atoms with van der Waals surface area (Å²) in [6.07, 6.45) is 44.1. The van der Waals surface area contributed by atoms with E-state index < -0.39 is 18.1 Å². The van der Waals surface area contributed by atoms with Crippen molar-refractivity contribution in [2.24, 2.45) is 0 Å². The van der Waals surface area contributed by atoms with E-state index in [1.807, 2.05) is 0 Å². The molecule has 5 aromatic carbocycles. The van der Waals surface area contributed by atoms with Crippen LogP contribution in [-0.2, 0) is 6.42 Å². The first kappa shape index (κ1) is 76.7. The molecule has 0 bridgehead atoms. The normalized spacial score (nSPS) is 12.3. The lowest BCUT2D eigenvalue weighted by Gasteiger charge is -2.28. The molecule has 0 spiro atoms. The van der Waals surface area contributed by atoms with E-state index in [0.29, 0.717) is 53.6 Å². The molecule has 3 atom stereocenters. The highest BCUT2D eigenvalue weighted by molar-refractivity contribution is 5.75. The van der Waals surface area contributed by atoms with Crippen LogP contribution in [0.4, 0.5) is 28.4 Å². The summed E-state index contributed by atoms with van der Waals surface area (Å²) in [4.78, 5) is 0. The van der Waals surface area contributed by atoms with Crippen LogP contribution in [0.15, 0.2) is 72.8 Å². The number of unbranched alkanes of at least 4 members (excludes halogenated alkanes) is 33. The largest absolute Gasteiger partial charge is 0.506 e. The van der Waals surface area contributed by atoms with Gasteiger partial charge in [0.25, 0.3) is 0 Å². The van der Waals surface area contributed by atoms with Crippen molar-refractivity contribution in [3.63, 3.8) is 0 Å². The van der Waals surface area contributed by atoms with Crippen molar-refractivity contribution >= 4 is 28.4 Å². The van der Waals surface area contributed by atoms with Gasteiger partial charge < -0.3 is 62.2 Å². The molecule has 0 saturated carbocycles. The SMILES string of the molecule is CCCCCCCCCCCCc1ccc(O)c(NC(CCCCCCCCCCC)c2ccc(O)c(NC(CCCCCCCCCCC)c3ccc(O)c(NC(CCCCCCCCCCC)c4ccc(O)c(NNc5cccc(C#N)c5)c4O)c3O)c2O)c1O. The van der Waals surface area contributed by atoms with Crippen molar-refractivity contribution in [1.82, 2.24) is 0 Å². The zero-order chi connectivity index (χ0) is 66.8. The molecule has 0 fully saturated rings. The first-order valence-corrected chi connectivity index (χ1v) is 36.9. The molecule has 0 aliphatic carbocycles. The van der Waals surface area contributed by atoms with E-state index in [1.165, 1.54) is 153 Å². The van der Waals surface area contributed by atoms with Gasteiger partial charge in [-0.3, -0.25) is 5.43 Å². The Morgan fingerprint density at radius 2 is 0.624 bits per heavy atom. The van der Waals surface area contributed by atoms with Gasteiger partial charge in [-0.25, -0.2) is 0 Å². The third-order valence-electron chi connectivity index (χ3n) is 18.8. The predicted octanol–water partition coefficient (Wildman–Crippen LogP) is 23.3. The van der Waals surface area contributed by atoms with Crippen LogP contribution in [0.1, 0.15) is 330 Å². The van der Waals surface area contributed by atoms with Gasteiger partial charge in [-0.1, -0.05) is 271 Å². The van der Waals surface area contributed by atoms with Crippen LogP contribution in [0, 0.1) is 11.3 Å². The minimum Gasteiger partial charge on any atom is -0.506 e. The first-order valence-electron chi connectivity index (χ1n) is 36.9. The van der Waals surface area contributed by atoms with Crippen LogP contribution in [0.5, 0.6) is 46.0 Å². The molecule has 5 aromatic rings. The molecule has 0 radical (unpaired) electrons. The second kappa shape index (κ2) is 45.3. The maximum atomic E-state index is 12.7. The Balaban J connectivity index is 1.49. The number of nitrogens with zero attached hydrogens (tertiary/aromatic N) is 1. The second-order valence-electron chi connectivity index (χ2n) is 26.5. The van der Waals surface area contributed by atoms with Gasteiger partial charge in [0.15, 0.2) is 0 Å². The molecule has 93 heavy (non-hydrogen) atoms. The highest BCUT2D eigenvalue weighted by Crippen LogP contribution is 2.50. The van der Waals surface area contributed by atoms with E-state index in [2.05, 4.69) is 60.6 Å². The molecule has 13 N–H and O–H groups in total. The van der Waals surface area contributed by atoms with Crippen LogP contribution in [0.2, 0.25) is 0 Å². The van der Waals surface area contributed by atoms with E-state index in [-0.39, 0.29) is 68.7 Å². The molecule has 0 aliphatic heterocycles. The van der Waals surface area contributed by atoms with E-state index in [0.717, 1.165) is 102 Å². The van der Waals surface area contributed by atoms with E-state index in [4.69, 9.17) is 0 Å². The summed E-state index contributed by atoms with van der Waals surface area (Å²) in [6.45, 7) is 8.92. The van der Waals surface area contributed by atoms with E-state index in [9.17, 15) is 46.1 Å². The standard InChI is InChI=1S/C79H122N6O8/c1-5-9-13-17-21-25-29-30-34-38-44-60-49-53-68(86)72(76(60)90)81-65(46-39-35-31-26-22-18-14-10-6-2)62-50-54-69(87)73(77(62)91)82-66(47-40-36-32-27-23-19-15-11-7-3)63-51-55-70(88)74(78(63)92)83-67(48-41-37-33-28-24-20-16-12-8-4)64-52-56-71(89)75(79(64)93)85-84-61-45-42-43-59(57-61)58-80/h42-43,45,49-57,65-67,81-93H,5-41,44,46-48H2,1-4H3. The smallest absolute Gasteiger partial charge is 0.149 e. The molecule has 0 aliphatic rings. The summed E-state index contributed by atoms with van der Waals surface area (Å²) in [5.41, 5.74) is 9.30. The van der Waals surface area contributed by atoms with Crippen LogP contribution < -0.4 is 26.8 Å². The number of anilines is 5. The molecule has 0 amide bonds. The van der Waals surface area contributed by atoms with Gasteiger partial charge in [0, 0.05) is 16.7 Å². The second-order valence-corrected chi connectivity index (χ2v) is 26.5. The van der Waals surface area contributed by atoms with Crippen LogP contribution >= 0.6 is 0 Å². The Kier molecular flexibility index (Phi) is 37.4. The summed E-state index contributed by atoms with van der Waals surface area (Å²) < 4.78 is 0. The quantitative estimate of drug-likeness (QED) is 0.00984. The molecule has 0 saturated heterocycles. The number of nitriles is 1. The zero-order valence-electron chi connectivity index (χ0n) is 57.7. The summed E-state index contributed by atoms with van der Waals surface area (Å²) >= 11 is 0. The van der Waals surface area contributed by atoms with Gasteiger partial charge in [-0.15, -0.1) is 0 Å². The lowest BCUT2D eigenvalue weighted by molar-refractivity contribution is 0.431. The molecule has 0 heterocycles. The Bertz CT molecular complexity index is 2910. The molecule has 516 valence electrons. The number of hydrogen-bond donors (Lipinski definition) is 13. The zero-order valence-corrected chi connectivity index (χ0v) is 57.7. The molecular formula is C79H122N6O8. The maximum Gasteiger partial charge on any atom is 0.149 e. The van der Waals surface area contributed by atoms with Gasteiger partial charge in [-0.2, -0.15) is 5.26 Å². The summed E-state index contributed by atoms with van der Waals surface area (Å²) in [6, 6.07) is 20.0. The fourth-order valence-corrected chi connectivity index (χ4v) is 13.0. The van der Waals surface area contributed by atoms with Gasteiger partial charge in [-0.05, 0) is 98.3 Å². The topological polar surface area (TPSA) is 246 Å². The Morgan fingerprint density at radius 3 is 0.978 bits per heavy atom. The predicted molar refractivity (Wildman–Crippen MR) is 388 cm³/mol. The number of phenolic OH excluding ortho intramolecular Hbond substituents is 8. The molecular weight excluding hydrogens is 1160 g/mol. The van der Waals surface area contributed by atoms with Crippen LogP contribution in [0.25, 0.3) is 0 Å². The number of aryl methyl sites for hydroxylation is 1. The average Bonchev–Trinajstić information content (AvgIpc) is 0.832. The van der Waals surface area contributed by atoms with Gasteiger partial charge in [0.05, 0.1) is 35.4 Å². The van der Waals surface area contributed by atoms with Crippen LogP contribution in [-0.4, -0.2) is 40.9 Å². The summed E-state index contributed by atoms with van der Waals surface area (Å²) in [7, 11) is 0. The van der Waals surface area contributed by atoms with E-state index in [1.54, 1.807) is 60.7 Å². The van der Waals surface area contributed by atoms with Crippen molar-refractivity contribution in [3.05, 3.63) is 101 Å². The molecule has 14 heteroatoms. The average molecular weight is 1280 g/mol. The third kappa shape index (κ3) is 27.1. The number of phenols is 8. The first-order chi connectivity index (χ1) is 45.4. The number of aromatic hydroxyl groups is 8. The molecule has 5 rings (SSSR count). The van der Waals surface area contributed by atoms with Crippen molar-refractivity contribution in [2.75, 3.05) is 26.8 Å². The third-order valence-corrected chi connectivity index (χ3v) is 18.8. The Hall–Kier alpha value is -7.01. The maximum absolute atomic E-state index is 12.7. The van der Waals surface area contributed by atoms with Crippen molar-refractivity contribution < 1.29 is 40.9 Å². The molecule has 14 nitrogen and oxygen atoms in total. The van der Waals surface area contributed by atoms with Gasteiger partial charge in [0.2, 0.25) is 0 Å². The number of hydrazine groups is 1. The van der Waals surface area contributed by atoms with Gasteiger partial charge in [0.1, 0.15) is 68.7 Å². The minimum absolute atomic E-state index is 0.00279. The number of rotatable bonds is 53. The Labute approximate surface area is 560 Å². The number of benzene rings is 5. The Morgan fingerprint density at radius 1 is 0.323 bits per heavy atom. The van der Waals surface area contributed by atoms with Crippen LogP contribution in [0.3, 0.4) is 0 Å². The monoisotopic (exact) mass is 1280 g/mol. The highest BCUT2D eigenvalue weighted by atomic mass is 16.3. The fraction of sp³-hybridized carbons (Fsp3) is 0.608. The minimum atomic E-state index is -0.693. The molecule has 3 unspecified atom stereocenters. The van der Waals surface area contributed by atoms with Gasteiger partial charge >= 0.3 is 0 Å². The van der Waals surface area contributed by atoms with Crippen molar-refractivity contribution in [3.8, 4) is 52.1 Å². The molecule has 0 aromatic heterocycles. The number of hydrogen-bond acceptors (Lipinski definition) is 14. The number of nitrogens with one attached hydrogen (secondary N) is 5. The summed E-state index contributed by atoms with van der Waals surface area (Å²) in [5.74, 6) is -1.41. The van der Waals surface area contributed by atoms with Crippen molar-refractivity contribution in [2.45, 2.75) is 309 Å². The summed E-state index contributed by atoms with van der Waals surface area (Å²) in [5, 5.41) is 116. The fourth-order valence-electron chi connectivity index (χ4n) is 13.0. The van der Waals surface area contributed by atoms with E-state index >= 15 is 0 Å².